The Kier molecular flexibility index (Phi) is 30.8. The molecule has 7 N–H and O–H groups in total. The van der Waals surface area contributed by atoms with Gasteiger partial charge in [-0.15, -0.1) is 0 Å². The maximum Gasteiger partial charge on any atom is 0.397 e. The van der Waals surface area contributed by atoms with E-state index in [1.165, 1.54) is 115 Å². The third kappa shape index (κ3) is 25.7. The first kappa shape index (κ1) is 51.8. The van der Waals surface area contributed by atoms with Gasteiger partial charge in [0, 0.05) is 0 Å². The zero-order chi connectivity index (χ0) is 40.7. The summed E-state index contributed by atoms with van der Waals surface area (Å²) in [6, 6.07) is -1.11. The number of hydrogen-bond acceptors (Lipinski definition) is 11. The van der Waals surface area contributed by atoms with E-state index in [2.05, 4.69) is 23.3 Å². The van der Waals surface area contributed by atoms with Crippen LogP contribution < -0.4 is 5.32 Å². The Bertz CT molecular complexity index is 1060. The van der Waals surface area contributed by atoms with Gasteiger partial charge in [-0.2, -0.15) is 8.42 Å². The second-order valence-electron chi connectivity index (χ2n) is 15.4. The third-order valence-electron chi connectivity index (χ3n) is 10.4. The molecule has 0 aromatic rings. The van der Waals surface area contributed by atoms with Crippen LogP contribution in [0.1, 0.15) is 181 Å². The predicted octanol–water partition coefficient (Wildman–Crippen LogP) is 6.58. The minimum Gasteiger partial charge on any atom is -0.394 e. The van der Waals surface area contributed by atoms with E-state index in [-0.39, 0.29) is 6.42 Å². The second kappa shape index (κ2) is 32.7. The number of carbonyl (C=O) groups excluding carboxylic acids is 1. The van der Waals surface area contributed by atoms with Crippen LogP contribution in [0.15, 0.2) is 12.2 Å². The molecule has 1 aliphatic rings. The van der Waals surface area contributed by atoms with Gasteiger partial charge in [0.1, 0.15) is 30.5 Å². The zero-order valence-electron chi connectivity index (χ0n) is 34.1. The molecule has 1 amide bonds. The molecule has 8 atom stereocenters. The average molecular weight is 810 g/mol. The Hall–Kier alpha value is -1.20. The number of hydrogen-bond donors (Lipinski definition) is 7. The number of ether oxygens (including phenoxy) is 2. The number of aliphatic hydroxyl groups excluding tert-OH is 5. The number of amides is 1. The van der Waals surface area contributed by atoms with Crippen molar-refractivity contribution in [1.29, 1.82) is 0 Å². The van der Waals surface area contributed by atoms with Gasteiger partial charge in [0.05, 0.1) is 25.4 Å². The molecule has 14 heteroatoms. The molecule has 8 unspecified atom stereocenters. The van der Waals surface area contributed by atoms with Crippen LogP contribution in [0.5, 0.6) is 0 Å². The maximum absolute atomic E-state index is 13.0. The van der Waals surface area contributed by atoms with Crippen molar-refractivity contribution >= 4 is 16.3 Å². The van der Waals surface area contributed by atoms with Crippen LogP contribution >= 0.6 is 0 Å². The average Bonchev–Trinajstić information content (AvgIpc) is 3.15. The van der Waals surface area contributed by atoms with Gasteiger partial charge in [-0.1, -0.05) is 174 Å². The van der Waals surface area contributed by atoms with Crippen LogP contribution in [0, 0.1) is 0 Å². The van der Waals surface area contributed by atoms with Crippen molar-refractivity contribution in [2.45, 2.75) is 230 Å². The van der Waals surface area contributed by atoms with E-state index < -0.39 is 78.5 Å². The number of unbranched alkanes of at least 4 members (excludes halogenated alkanes) is 23. The van der Waals surface area contributed by atoms with Crippen molar-refractivity contribution in [3.8, 4) is 0 Å². The molecule has 1 heterocycles. The molecule has 0 aliphatic carbocycles. The molecule has 0 aromatic heterocycles. The Morgan fingerprint density at radius 2 is 1.18 bits per heavy atom. The normalized spacial score (nSPS) is 22.2. The highest BCUT2D eigenvalue weighted by molar-refractivity contribution is 7.80. The Morgan fingerprint density at radius 1 is 0.727 bits per heavy atom. The summed E-state index contributed by atoms with van der Waals surface area (Å²) in [6.07, 6.45) is 21.5. The zero-order valence-corrected chi connectivity index (χ0v) is 34.9. The van der Waals surface area contributed by atoms with E-state index in [0.717, 1.165) is 38.5 Å². The first-order valence-corrected chi connectivity index (χ1v) is 23.0. The smallest absolute Gasteiger partial charge is 0.394 e. The molecule has 0 saturated carbocycles. The highest BCUT2D eigenvalue weighted by Gasteiger charge is 2.48. The number of rotatable bonds is 36. The molecule has 13 nitrogen and oxygen atoms in total. The van der Waals surface area contributed by atoms with E-state index in [0.29, 0.717) is 12.8 Å². The van der Waals surface area contributed by atoms with E-state index in [9.17, 15) is 38.7 Å². The molecule has 1 saturated heterocycles. The molecule has 0 radical (unpaired) electrons. The molecule has 1 rings (SSSR count). The summed E-state index contributed by atoms with van der Waals surface area (Å²) in [4.78, 5) is 13.0. The van der Waals surface area contributed by atoms with E-state index in [1.807, 2.05) is 6.08 Å². The Balaban J connectivity index is 2.64. The summed E-state index contributed by atoms with van der Waals surface area (Å²) < 4.78 is 47.4. The lowest BCUT2D eigenvalue weighted by atomic mass is 9.99. The molecule has 0 spiro atoms. The lowest BCUT2D eigenvalue weighted by Gasteiger charge is -2.41. The van der Waals surface area contributed by atoms with Gasteiger partial charge in [-0.3, -0.25) is 9.35 Å². The quantitative estimate of drug-likeness (QED) is 0.0203. The van der Waals surface area contributed by atoms with Crippen LogP contribution in [0.3, 0.4) is 0 Å². The predicted molar refractivity (Wildman–Crippen MR) is 215 cm³/mol. The fourth-order valence-electron chi connectivity index (χ4n) is 6.93. The van der Waals surface area contributed by atoms with Crippen molar-refractivity contribution in [2.75, 3.05) is 13.2 Å². The van der Waals surface area contributed by atoms with Crippen molar-refractivity contribution < 1.29 is 57.0 Å². The molecule has 0 bridgehead atoms. The number of aliphatic hydroxyl groups is 5. The molecular weight excluding hydrogens is 731 g/mol. The van der Waals surface area contributed by atoms with Crippen LogP contribution in [0.2, 0.25) is 0 Å². The van der Waals surface area contributed by atoms with Gasteiger partial charge >= 0.3 is 10.4 Å². The standard InChI is InChI=1S/C41H79NO12S/c1-3-5-7-9-11-13-15-17-19-21-23-25-27-29-34(44)33(32-52-41-38(47)39(54-55(49,50)51)37(46)36(31-43)53-41)42-40(48)35(45)30-28-26-24-22-20-18-16-14-12-10-8-6-4-2/h27,29,33-39,41,43-47H,3-26,28,30-32H2,1-2H3,(H,42,48)(H,49,50,51)/b29-27+. The first-order valence-electron chi connectivity index (χ1n) is 21.7. The first-order chi connectivity index (χ1) is 26.4. The minimum absolute atomic E-state index is 0.247. The summed E-state index contributed by atoms with van der Waals surface area (Å²) in [5.41, 5.74) is 0. The van der Waals surface area contributed by atoms with Gasteiger partial charge < -0.3 is 40.3 Å². The molecule has 55 heavy (non-hydrogen) atoms. The van der Waals surface area contributed by atoms with E-state index in [4.69, 9.17) is 14.0 Å². The van der Waals surface area contributed by atoms with Gasteiger partial charge in [0.15, 0.2) is 6.29 Å². The van der Waals surface area contributed by atoms with Crippen molar-refractivity contribution in [3.63, 3.8) is 0 Å². The molecular formula is C41H79NO12S. The fraction of sp³-hybridized carbons (Fsp3) is 0.927. The van der Waals surface area contributed by atoms with Crippen molar-refractivity contribution in [1.82, 2.24) is 5.32 Å². The second-order valence-corrected chi connectivity index (χ2v) is 16.5. The summed E-state index contributed by atoms with van der Waals surface area (Å²) >= 11 is 0. The summed E-state index contributed by atoms with van der Waals surface area (Å²) in [6.45, 7) is 3.19. The summed E-state index contributed by atoms with van der Waals surface area (Å²) in [5, 5.41) is 55.0. The van der Waals surface area contributed by atoms with Crippen LogP contribution in [0.4, 0.5) is 0 Å². The van der Waals surface area contributed by atoms with E-state index in [1.54, 1.807) is 0 Å². The fourth-order valence-corrected chi connectivity index (χ4v) is 7.44. The van der Waals surface area contributed by atoms with Crippen LogP contribution in [0.25, 0.3) is 0 Å². The van der Waals surface area contributed by atoms with Gasteiger partial charge in [0.2, 0.25) is 5.91 Å². The third-order valence-corrected chi connectivity index (χ3v) is 10.9. The lowest BCUT2D eigenvalue weighted by Crippen LogP contribution is -2.61. The van der Waals surface area contributed by atoms with E-state index >= 15 is 0 Å². The largest absolute Gasteiger partial charge is 0.397 e. The van der Waals surface area contributed by atoms with Crippen molar-refractivity contribution in [3.05, 3.63) is 12.2 Å². The Morgan fingerprint density at radius 3 is 1.64 bits per heavy atom. The maximum atomic E-state index is 13.0. The lowest BCUT2D eigenvalue weighted by molar-refractivity contribution is -0.298. The SMILES string of the molecule is CCCCCCCCCCCCC/C=C/C(O)C(COC1OC(CO)C(O)C(OS(=O)(=O)O)C1O)NC(=O)C(O)CCCCCCCCCCCCCCC. The molecule has 1 aliphatic heterocycles. The summed E-state index contributed by atoms with van der Waals surface area (Å²) in [5.74, 6) is -0.702. The highest BCUT2D eigenvalue weighted by atomic mass is 32.3. The number of carbonyl (C=O) groups is 1. The number of nitrogens with one attached hydrogen (secondary N) is 1. The molecule has 326 valence electrons. The Labute approximate surface area is 333 Å². The van der Waals surface area contributed by atoms with Crippen LogP contribution in [-0.2, 0) is 28.9 Å². The van der Waals surface area contributed by atoms with Crippen molar-refractivity contribution in [2.24, 2.45) is 0 Å². The number of allylic oxidation sites excluding steroid dienone is 1. The highest BCUT2D eigenvalue weighted by Crippen LogP contribution is 2.26. The monoisotopic (exact) mass is 810 g/mol. The van der Waals surface area contributed by atoms with Gasteiger partial charge in [-0.25, -0.2) is 4.18 Å². The molecule has 1 fully saturated rings. The van der Waals surface area contributed by atoms with Gasteiger partial charge in [0.25, 0.3) is 0 Å². The minimum atomic E-state index is -5.11. The van der Waals surface area contributed by atoms with Crippen LogP contribution in [-0.4, -0.2) is 107 Å². The topological polar surface area (TPSA) is 212 Å². The summed E-state index contributed by atoms with van der Waals surface area (Å²) in [7, 11) is -5.11. The molecule has 0 aromatic carbocycles. The van der Waals surface area contributed by atoms with Gasteiger partial charge in [-0.05, 0) is 19.3 Å².